The maximum absolute atomic E-state index is 10.2. The summed E-state index contributed by atoms with van der Waals surface area (Å²) in [6, 6.07) is 20.4. The average Bonchev–Trinajstić information content (AvgIpc) is 2.75. The van der Waals surface area contributed by atoms with E-state index in [1.165, 1.54) is 10.9 Å². The van der Waals surface area contributed by atoms with Crippen LogP contribution in [0.15, 0.2) is 66.9 Å². The normalized spacial score (nSPS) is 20.3. The van der Waals surface area contributed by atoms with Crippen molar-refractivity contribution in [1.29, 1.82) is 0 Å². The van der Waals surface area contributed by atoms with Crippen molar-refractivity contribution in [1.82, 2.24) is 9.88 Å². The van der Waals surface area contributed by atoms with E-state index < -0.39 is 0 Å². The van der Waals surface area contributed by atoms with Crippen LogP contribution in [0.2, 0.25) is 0 Å². The van der Waals surface area contributed by atoms with Crippen LogP contribution in [0, 0.1) is 5.41 Å². The van der Waals surface area contributed by atoms with Gasteiger partial charge in [-0.05, 0) is 55.6 Å². The highest BCUT2D eigenvalue weighted by Crippen LogP contribution is 2.34. The molecule has 0 bridgehead atoms. The molecule has 4 nitrogen and oxygen atoms in total. The number of hydrogen-bond acceptors (Lipinski definition) is 4. The molecule has 2 heterocycles. The van der Waals surface area contributed by atoms with Crippen LogP contribution in [0.5, 0.6) is 5.75 Å². The summed E-state index contributed by atoms with van der Waals surface area (Å²) in [7, 11) is 0. The summed E-state index contributed by atoms with van der Waals surface area (Å²) in [5.41, 5.74) is 2.26. The fourth-order valence-electron chi connectivity index (χ4n) is 4.31. The number of pyridine rings is 1. The zero-order valence-electron chi connectivity index (χ0n) is 16.3. The second-order valence-electron chi connectivity index (χ2n) is 7.87. The predicted octanol–water partition coefficient (Wildman–Crippen LogP) is 4.28. The minimum absolute atomic E-state index is 0.0874. The van der Waals surface area contributed by atoms with Crippen molar-refractivity contribution in [3.05, 3.63) is 72.4 Å². The summed E-state index contributed by atoms with van der Waals surface area (Å²) >= 11 is 0. The lowest BCUT2D eigenvalue weighted by Crippen LogP contribution is -2.45. The van der Waals surface area contributed by atoms with Crippen LogP contribution in [0.4, 0.5) is 0 Å². The highest BCUT2D eigenvalue weighted by atomic mass is 16.5. The van der Waals surface area contributed by atoms with Crippen molar-refractivity contribution < 1.29 is 9.84 Å². The summed E-state index contributed by atoms with van der Waals surface area (Å²) < 4.78 is 5.91. The molecule has 0 radical (unpaired) electrons. The maximum atomic E-state index is 10.2. The molecule has 0 amide bonds. The number of para-hydroxylation sites is 1. The van der Waals surface area contributed by atoms with E-state index in [1.54, 1.807) is 0 Å². The zero-order chi connectivity index (χ0) is 19.2. The van der Waals surface area contributed by atoms with Gasteiger partial charge in [-0.2, -0.15) is 0 Å². The van der Waals surface area contributed by atoms with E-state index in [4.69, 9.17) is 4.74 Å². The Hall–Kier alpha value is -2.43. The first-order valence-corrected chi connectivity index (χ1v) is 10.1. The van der Waals surface area contributed by atoms with Gasteiger partial charge >= 0.3 is 0 Å². The Labute approximate surface area is 166 Å². The van der Waals surface area contributed by atoms with Crippen LogP contribution in [0.25, 0.3) is 10.9 Å². The number of ether oxygens (including phenoxy) is 1. The van der Waals surface area contributed by atoms with Gasteiger partial charge in [0.15, 0.2) is 0 Å². The Balaban J connectivity index is 1.41. The number of aliphatic hydroxyl groups is 1. The number of benzene rings is 2. The first-order valence-electron chi connectivity index (χ1n) is 10.1. The Morgan fingerprint density at radius 2 is 1.93 bits per heavy atom. The molecule has 3 aromatic rings. The maximum Gasteiger partial charge on any atom is 0.119 e. The smallest absolute Gasteiger partial charge is 0.119 e. The van der Waals surface area contributed by atoms with E-state index in [-0.39, 0.29) is 12.0 Å². The second-order valence-corrected chi connectivity index (χ2v) is 7.87. The lowest BCUT2D eigenvalue weighted by molar-refractivity contribution is 0.0130. The largest absolute Gasteiger partial charge is 0.494 e. The van der Waals surface area contributed by atoms with Crippen LogP contribution >= 0.6 is 0 Å². The highest BCUT2D eigenvalue weighted by molar-refractivity contribution is 5.81. The number of hydrogen-bond donors (Lipinski definition) is 1. The molecule has 1 aliphatic rings. The van der Waals surface area contributed by atoms with Gasteiger partial charge in [-0.25, -0.2) is 0 Å². The molecule has 1 aliphatic heterocycles. The monoisotopic (exact) mass is 376 g/mol. The molecule has 0 aliphatic carbocycles. The molecular formula is C24H28N2O2. The Morgan fingerprint density at radius 3 is 2.79 bits per heavy atom. The van der Waals surface area contributed by atoms with Crippen molar-refractivity contribution in [3.8, 4) is 5.75 Å². The van der Waals surface area contributed by atoms with Gasteiger partial charge in [-0.3, -0.25) is 9.88 Å². The van der Waals surface area contributed by atoms with Crippen molar-refractivity contribution >= 4 is 10.9 Å². The van der Waals surface area contributed by atoms with E-state index in [0.29, 0.717) is 6.61 Å². The lowest BCUT2D eigenvalue weighted by atomic mass is 9.78. The fraction of sp³-hybridized carbons (Fsp3) is 0.375. The first-order chi connectivity index (χ1) is 13.8. The minimum Gasteiger partial charge on any atom is -0.494 e. The molecule has 1 N–H and O–H groups in total. The number of rotatable bonds is 7. The van der Waals surface area contributed by atoms with E-state index in [0.717, 1.165) is 50.2 Å². The van der Waals surface area contributed by atoms with Crippen molar-refractivity contribution in [3.63, 3.8) is 0 Å². The van der Waals surface area contributed by atoms with Gasteiger partial charge in [0.2, 0.25) is 0 Å². The van der Waals surface area contributed by atoms with Gasteiger partial charge in [0, 0.05) is 30.1 Å². The molecular weight excluding hydrogens is 348 g/mol. The standard InChI is InChI=1S/C24H28N2O2/c27-19-24(13-16-28-21-8-2-1-3-9-21)12-6-15-26(18-24)17-20-7-4-11-23-22(20)10-5-14-25-23/h1-5,7-11,14,27H,6,12-13,15-19H2/t24-/m0/s1. The second kappa shape index (κ2) is 8.72. The Kier molecular flexibility index (Phi) is 5.89. The summed E-state index contributed by atoms with van der Waals surface area (Å²) in [6.07, 6.45) is 4.87. The highest BCUT2D eigenvalue weighted by Gasteiger charge is 2.35. The quantitative estimate of drug-likeness (QED) is 0.669. The molecule has 1 saturated heterocycles. The van der Waals surface area contributed by atoms with E-state index in [2.05, 4.69) is 34.1 Å². The van der Waals surface area contributed by atoms with Gasteiger partial charge in [-0.15, -0.1) is 0 Å². The molecule has 0 spiro atoms. The third kappa shape index (κ3) is 4.34. The zero-order valence-corrected chi connectivity index (χ0v) is 16.3. The third-order valence-corrected chi connectivity index (χ3v) is 5.85. The molecule has 1 fully saturated rings. The van der Waals surface area contributed by atoms with Crippen LogP contribution in [-0.2, 0) is 6.54 Å². The van der Waals surface area contributed by atoms with Gasteiger partial charge in [-0.1, -0.05) is 36.4 Å². The number of piperidine rings is 1. The van der Waals surface area contributed by atoms with E-state index in [1.807, 2.05) is 42.6 Å². The number of fused-ring (bicyclic) bond motifs is 1. The molecule has 2 aromatic carbocycles. The summed E-state index contributed by atoms with van der Waals surface area (Å²) in [4.78, 5) is 6.95. The number of nitrogens with zero attached hydrogens (tertiary/aromatic N) is 2. The summed E-state index contributed by atoms with van der Waals surface area (Å²) in [5.74, 6) is 0.895. The van der Waals surface area contributed by atoms with Gasteiger partial charge in [0.05, 0.1) is 18.7 Å². The van der Waals surface area contributed by atoms with Crippen LogP contribution in [-0.4, -0.2) is 41.3 Å². The van der Waals surface area contributed by atoms with Crippen molar-refractivity contribution in [2.24, 2.45) is 5.41 Å². The first kappa shape index (κ1) is 18.9. The molecule has 1 aromatic heterocycles. The fourth-order valence-corrected chi connectivity index (χ4v) is 4.31. The topological polar surface area (TPSA) is 45.6 Å². The minimum atomic E-state index is -0.0874. The summed E-state index contributed by atoms with van der Waals surface area (Å²) in [5, 5.41) is 11.4. The van der Waals surface area contributed by atoms with Crippen molar-refractivity contribution in [2.45, 2.75) is 25.8 Å². The van der Waals surface area contributed by atoms with Crippen molar-refractivity contribution in [2.75, 3.05) is 26.3 Å². The Morgan fingerprint density at radius 1 is 1.04 bits per heavy atom. The van der Waals surface area contributed by atoms with E-state index in [9.17, 15) is 5.11 Å². The molecule has 28 heavy (non-hydrogen) atoms. The van der Waals surface area contributed by atoms with Crippen LogP contribution in [0.3, 0.4) is 0 Å². The van der Waals surface area contributed by atoms with Gasteiger partial charge in [0.1, 0.15) is 5.75 Å². The summed E-state index contributed by atoms with van der Waals surface area (Å²) in [6.45, 7) is 3.70. The lowest BCUT2D eigenvalue weighted by Gasteiger charge is -2.42. The Bertz CT molecular complexity index is 894. The van der Waals surface area contributed by atoms with Crippen LogP contribution in [0.1, 0.15) is 24.8 Å². The molecule has 146 valence electrons. The number of aliphatic hydroxyl groups excluding tert-OH is 1. The molecule has 0 saturated carbocycles. The van der Waals surface area contributed by atoms with E-state index >= 15 is 0 Å². The molecule has 0 unspecified atom stereocenters. The van der Waals surface area contributed by atoms with Gasteiger partial charge < -0.3 is 9.84 Å². The molecule has 4 rings (SSSR count). The van der Waals surface area contributed by atoms with Crippen LogP contribution < -0.4 is 4.74 Å². The van der Waals surface area contributed by atoms with Gasteiger partial charge in [0.25, 0.3) is 0 Å². The molecule has 4 heteroatoms. The SMILES string of the molecule is OC[C@]1(CCOc2ccccc2)CCCN(Cc2cccc3ncccc23)C1. The number of aromatic nitrogens is 1. The molecule has 1 atom stereocenters. The average molecular weight is 377 g/mol. The number of likely N-dealkylation sites (tertiary alicyclic amines) is 1. The predicted molar refractivity (Wildman–Crippen MR) is 112 cm³/mol. The third-order valence-electron chi connectivity index (χ3n) is 5.85.